The molecule has 1 atom stereocenters. The highest BCUT2D eigenvalue weighted by atomic mass is 16.5. The summed E-state index contributed by atoms with van der Waals surface area (Å²) >= 11 is 0. The number of likely N-dealkylation sites (tertiary alicyclic amines) is 1. The second-order valence-corrected chi connectivity index (χ2v) is 3.96. The smallest absolute Gasteiger partial charge is 0.323 e. The number of esters is 1. The lowest BCUT2D eigenvalue weighted by atomic mass is 10.2. The summed E-state index contributed by atoms with van der Waals surface area (Å²) in [4.78, 5) is 13.6. The molecule has 0 N–H and O–H groups in total. The van der Waals surface area contributed by atoms with E-state index in [1.54, 1.807) is 0 Å². The van der Waals surface area contributed by atoms with Crippen molar-refractivity contribution in [3.05, 3.63) is 11.6 Å². The summed E-state index contributed by atoms with van der Waals surface area (Å²) in [6, 6.07) is -0.0180. The van der Waals surface area contributed by atoms with Crippen molar-refractivity contribution < 1.29 is 9.53 Å². The van der Waals surface area contributed by atoms with E-state index in [0.717, 1.165) is 25.9 Å². The van der Waals surface area contributed by atoms with Gasteiger partial charge in [-0.25, -0.2) is 0 Å². The van der Waals surface area contributed by atoms with Crippen LogP contribution < -0.4 is 0 Å². The third kappa shape index (κ3) is 2.84. The van der Waals surface area contributed by atoms with Crippen molar-refractivity contribution in [1.82, 2.24) is 4.90 Å². The van der Waals surface area contributed by atoms with Crippen molar-refractivity contribution in [3.63, 3.8) is 0 Å². The normalized spacial score (nSPS) is 22.1. The standard InChI is InChI=1S/C11H19NO2/c1-9(2)6-8-12-7-4-5-10(12)11(13)14-3/h6,10H,4-5,7-8H2,1-3H3/t10-/m0/s1. The minimum atomic E-state index is -0.0929. The van der Waals surface area contributed by atoms with E-state index < -0.39 is 0 Å². The number of methoxy groups -OCH3 is 1. The second kappa shape index (κ2) is 5.15. The molecule has 0 saturated carbocycles. The molecule has 0 aromatic rings. The van der Waals surface area contributed by atoms with E-state index in [1.807, 2.05) is 0 Å². The Bertz CT molecular complexity index is 231. The van der Waals surface area contributed by atoms with Gasteiger partial charge in [-0.05, 0) is 33.2 Å². The Morgan fingerprint density at radius 3 is 2.86 bits per heavy atom. The van der Waals surface area contributed by atoms with Crippen molar-refractivity contribution >= 4 is 5.97 Å². The highest BCUT2D eigenvalue weighted by Gasteiger charge is 2.30. The van der Waals surface area contributed by atoms with Gasteiger partial charge in [0.25, 0.3) is 0 Å². The van der Waals surface area contributed by atoms with Gasteiger partial charge >= 0.3 is 5.97 Å². The van der Waals surface area contributed by atoms with Crippen LogP contribution in [0.2, 0.25) is 0 Å². The number of hydrogen-bond acceptors (Lipinski definition) is 3. The molecule has 0 spiro atoms. The van der Waals surface area contributed by atoms with E-state index in [9.17, 15) is 4.79 Å². The number of rotatable bonds is 3. The molecular formula is C11H19NO2. The molecule has 0 aromatic carbocycles. The maximum Gasteiger partial charge on any atom is 0.323 e. The molecular weight excluding hydrogens is 178 g/mol. The van der Waals surface area contributed by atoms with E-state index in [4.69, 9.17) is 4.74 Å². The Kier molecular flexibility index (Phi) is 4.14. The molecule has 3 nitrogen and oxygen atoms in total. The first-order chi connectivity index (χ1) is 6.65. The van der Waals surface area contributed by atoms with Gasteiger partial charge < -0.3 is 4.74 Å². The molecule has 3 heteroatoms. The summed E-state index contributed by atoms with van der Waals surface area (Å²) < 4.78 is 4.77. The van der Waals surface area contributed by atoms with Crippen LogP contribution in [-0.2, 0) is 9.53 Å². The Hall–Kier alpha value is -0.830. The first-order valence-electron chi connectivity index (χ1n) is 5.10. The zero-order chi connectivity index (χ0) is 10.6. The second-order valence-electron chi connectivity index (χ2n) is 3.96. The molecule has 1 saturated heterocycles. The fraction of sp³-hybridized carbons (Fsp3) is 0.727. The lowest BCUT2D eigenvalue weighted by Gasteiger charge is -2.20. The van der Waals surface area contributed by atoms with Gasteiger partial charge in [-0.1, -0.05) is 11.6 Å². The summed E-state index contributed by atoms with van der Waals surface area (Å²) in [5, 5.41) is 0. The van der Waals surface area contributed by atoms with Crippen LogP contribution in [0.3, 0.4) is 0 Å². The predicted octanol–water partition coefficient (Wildman–Crippen LogP) is 1.59. The highest BCUT2D eigenvalue weighted by molar-refractivity contribution is 5.76. The zero-order valence-corrected chi connectivity index (χ0v) is 9.25. The quantitative estimate of drug-likeness (QED) is 0.508. The van der Waals surface area contributed by atoms with Crippen molar-refractivity contribution in [2.24, 2.45) is 0 Å². The van der Waals surface area contributed by atoms with E-state index in [-0.39, 0.29) is 12.0 Å². The van der Waals surface area contributed by atoms with E-state index in [0.29, 0.717) is 0 Å². The van der Waals surface area contributed by atoms with Crippen molar-refractivity contribution in [1.29, 1.82) is 0 Å². The predicted molar refractivity (Wildman–Crippen MR) is 56.0 cm³/mol. The zero-order valence-electron chi connectivity index (χ0n) is 9.25. The minimum Gasteiger partial charge on any atom is -0.468 e. The van der Waals surface area contributed by atoms with Gasteiger partial charge in [0.05, 0.1) is 7.11 Å². The lowest BCUT2D eigenvalue weighted by molar-refractivity contribution is -0.145. The lowest BCUT2D eigenvalue weighted by Crippen LogP contribution is -2.36. The number of allylic oxidation sites excluding steroid dienone is 1. The van der Waals surface area contributed by atoms with Crippen LogP contribution in [0.5, 0.6) is 0 Å². The maximum atomic E-state index is 11.4. The van der Waals surface area contributed by atoms with E-state index in [1.165, 1.54) is 12.7 Å². The summed E-state index contributed by atoms with van der Waals surface area (Å²) in [5.74, 6) is -0.0929. The van der Waals surface area contributed by atoms with Gasteiger partial charge in [0.15, 0.2) is 0 Å². The molecule has 1 fully saturated rings. The molecule has 0 aromatic heterocycles. The minimum absolute atomic E-state index is 0.0180. The number of ether oxygens (including phenoxy) is 1. The van der Waals surface area contributed by atoms with Crippen molar-refractivity contribution in [2.75, 3.05) is 20.2 Å². The SMILES string of the molecule is COC(=O)[C@@H]1CCCN1CC=C(C)C. The van der Waals surface area contributed by atoms with Gasteiger partial charge in [0.2, 0.25) is 0 Å². The molecule has 1 aliphatic heterocycles. The average Bonchev–Trinajstić information content (AvgIpc) is 2.61. The van der Waals surface area contributed by atoms with Crippen molar-refractivity contribution in [3.8, 4) is 0 Å². The third-order valence-corrected chi connectivity index (χ3v) is 2.57. The Morgan fingerprint density at radius 2 is 2.29 bits per heavy atom. The Labute approximate surface area is 85.7 Å². The summed E-state index contributed by atoms with van der Waals surface area (Å²) in [6.45, 7) is 6.01. The number of hydrogen-bond donors (Lipinski definition) is 0. The largest absolute Gasteiger partial charge is 0.468 e. The molecule has 1 rings (SSSR count). The monoisotopic (exact) mass is 197 g/mol. The van der Waals surface area contributed by atoms with Gasteiger partial charge in [0, 0.05) is 6.54 Å². The molecule has 0 bridgehead atoms. The first-order valence-corrected chi connectivity index (χ1v) is 5.10. The van der Waals surface area contributed by atoms with Crippen LogP contribution in [0.15, 0.2) is 11.6 Å². The van der Waals surface area contributed by atoms with Crippen LogP contribution >= 0.6 is 0 Å². The van der Waals surface area contributed by atoms with Gasteiger partial charge in [0.1, 0.15) is 6.04 Å². The van der Waals surface area contributed by atoms with Crippen molar-refractivity contribution in [2.45, 2.75) is 32.7 Å². The molecule has 0 amide bonds. The molecule has 1 heterocycles. The molecule has 80 valence electrons. The van der Waals surface area contributed by atoms with Crippen LogP contribution in [0.1, 0.15) is 26.7 Å². The van der Waals surface area contributed by atoms with Crippen LogP contribution in [0.25, 0.3) is 0 Å². The van der Waals surface area contributed by atoms with Crippen LogP contribution in [0.4, 0.5) is 0 Å². The topological polar surface area (TPSA) is 29.5 Å². The van der Waals surface area contributed by atoms with E-state index >= 15 is 0 Å². The Balaban J connectivity index is 2.51. The van der Waals surface area contributed by atoms with Gasteiger partial charge in [-0.2, -0.15) is 0 Å². The summed E-state index contributed by atoms with van der Waals surface area (Å²) in [5.41, 5.74) is 1.29. The van der Waals surface area contributed by atoms with Crippen LogP contribution in [0, 0.1) is 0 Å². The molecule has 0 aliphatic carbocycles. The van der Waals surface area contributed by atoms with Crippen LogP contribution in [-0.4, -0.2) is 37.1 Å². The highest BCUT2D eigenvalue weighted by Crippen LogP contribution is 2.18. The maximum absolute atomic E-state index is 11.4. The number of carbonyl (C=O) groups excluding carboxylic acids is 1. The average molecular weight is 197 g/mol. The number of carbonyl (C=O) groups is 1. The molecule has 14 heavy (non-hydrogen) atoms. The third-order valence-electron chi connectivity index (χ3n) is 2.57. The summed E-state index contributed by atoms with van der Waals surface area (Å²) in [6.07, 6.45) is 4.18. The van der Waals surface area contributed by atoms with E-state index in [2.05, 4.69) is 24.8 Å². The fourth-order valence-corrected chi connectivity index (χ4v) is 1.75. The molecule has 1 aliphatic rings. The molecule has 0 unspecified atom stereocenters. The van der Waals surface area contributed by atoms with Gasteiger partial charge in [-0.3, -0.25) is 9.69 Å². The Morgan fingerprint density at radius 1 is 1.57 bits per heavy atom. The molecule has 0 radical (unpaired) electrons. The fourth-order valence-electron chi connectivity index (χ4n) is 1.75. The number of nitrogens with zero attached hydrogens (tertiary/aromatic N) is 1. The summed E-state index contributed by atoms with van der Waals surface area (Å²) in [7, 11) is 1.46. The van der Waals surface area contributed by atoms with Gasteiger partial charge in [-0.15, -0.1) is 0 Å². The first kappa shape index (κ1) is 11.2.